The molecular formula is C17H16F2N6. The van der Waals surface area contributed by atoms with Crippen LogP contribution >= 0.6 is 0 Å². The van der Waals surface area contributed by atoms with E-state index in [0.29, 0.717) is 28.8 Å². The number of alkyl halides is 2. The molecule has 1 fully saturated rings. The molecule has 0 radical (unpaired) electrons. The van der Waals surface area contributed by atoms with Crippen LogP contribution < -0.4 is 11.3 Å². The summed E-state index contributed by atoms with van der Waals surface area (Å²) in [5, 5.41) is 4.36. The lowest BCUT2D eigenvalue weighted by Gasteiger charge is -2.09. The molecule has 0 bridgehead atoms. The minimum absolute atomic E-state index is 0.0251. The van der Waals surface area contributed by atoms with E-state index in [-0.39, 0.29) is 5.56 Å². The van der Waals surface area contributed by atoms with Crippen LogP contribution in [0.1, 0.15) is 30.9 Å². The van der Waals surface area contributed by atoms with Crippen molar-refractivity contribution >= 4 is 5.82 Å². The van der Waals surface area contributed by atoms with Crippen molar-refractivity contribution in [2.75, 3.05) is 5.43 Å². The van der Waals surface area contributed by atoms with Gasteiger partial charge >= 0.3 is 0 Å². The summed E-state index contributed by atoms with van der Waals surface area (Å²) in [6.07, 6.45) is 4.98. The minimum Gasteiger partial charge on any atom is -0.307 e. The highest BCUT2D eigenvalue weighted by Crippen LogP contribution is 2.36. The fourth-order valence-electron chi connectivity index (χ4n) is 2.63. The zero-order chi connectivity index (χ0) is 17.4. The second kappa shape index (κ2) is 6.21. The monoisotopic (exact) mass is 342 g/mol. The normalized spacial score (nSPS) is 14.1. The Kier molecular flexibility index (Phi) is 3.89. The molecule has 0 unspecified atom stereocenters. The Morgan fingerprint density at radius 1 is 1.12 bits per heavy atom. The molecule has 1 aliphatic carbocycles. The molecule has 0 aliphatic heterocycles. The number of hydrogen-bond donors (Lipinski definition) is 2. The van der Waals surface area contributed by atoms with Crippen LogP contribution in [0.5, 0.6) is 0 Å². The topological polar surface area (TPSA) is 81.7 Å². The largest absolute Gasteiger partial charge is 0.307 e. The number of anilines is 1. The van der Waals surface area contributed by atoms with Crippen LogP contribution in [0.4, 0.5) is 14.6 Å². The second-order valence-electron chi connectivity index (χ2n) is 5.96. The first-order valence-electron chi connectivity index (χ1n) is 7.92. The average molecular weight is 342 g/mol. The van der Waals surface area contributed by atoms with Gasteiger partial charge in [-0.3, -0.25) is 4.68 Å². The maximum atomic E-state index is 12.7. The van der Waals surface area contributed by atoms with E-state index in [2.05, 4.69) is 20.5 Å². The van der Waals surface area contributed by atoms with E-state index in [9.17, 15) is 8.78 Å². The van der Waals surface area contributed by atoms with Gasteiger partial charge in [0.25, 0.3) is 6.43 Å². The first kappa shape index (κ1) is 15.6. The molecule has 1 aromatic carbocycles. The summed E-state index contributed by atoms with van der Waals surface area (Å²) < 4.78 is 27.3. The highest BCUT2D eigenvalue weighted by Gasteiger charge is 2.25. The number of halogens is 2. The maximum Gasteiger partial charge on any atom is 0.263 e. The molecule has 0 atom stereocenters. The second-order valence-corrected chi connectivity index (χ2v) is 5.96. The van der Waals surface area contributed by atoms with Crippen LogP contribution in [0.15, 0.2) is 42.9 Å². The molecule has 0 spiro atoms. The summed E-state index contributed by atoms with van der Waals surface area (Å²) in [6, 6.07) is 6.46. The van der Waals surface area contributed by atoms with Crippen molar-refractivity contribution in [2.45, 2.75) is 25.3 Å². The molecule has 1 aliphatic rings. The van der Waals surface area contributed by atoms with Crippen LogP contribution in [0.3, 0.4) is 0 Å². The van der Waals surface area contributed by atoms with Gasteiger partial charge in [-0.15, -0.1) is 0 Å². The third-order valence-electron chi connectivity index (χ3n) is 4.16. The van der Waals surface area contributed by atoms with Crippen LogP contribution in [0.25, 0.3) is 22.5 Å². The molecule has 25 heavy (non-hydrogen) atoms. The average Bonchev–Trinajstić information content (AvgIpc) is 3.38. The number of aromatic nitrogens is 4. The molecule has 0 amide bonds. The van der Waals surface area contributed by atoms with Crippen molar-refractivity contribution < 1.29 is 8.78 Å². The Hall–Kier alpha value is -2.87. The highest BCUT2D eigenvalue weighted by molar-refractivity contribution is 5.73. The lowest BCUT2D eigenvalue weighted by molar-refractivity contribution is 0.151. The molecule has 0 saturated heterocycles. The lowest BCUT2D eigenvalue weighted by Crippen LogP contribution is -2.11. The van der Waals surface area contributed by atoms with Gasteiger partial charge in [0, 0.05) is 22.9 Å². The Morgan fingerprint density at radius 3 is 2.52 bits per heavy atom. The summed E-state index contributed by atoms with van der Waals surface area (Å²) in [5.41, 5.74) is 5.18. The third-order valence-corrected chi connectivity index (χ3v) is 4.16. The highest BCUT2D eigenvalue weighted by atomic mass is 19.3. The summed E-state index contributed by atoms with van der Waals surface area (Å²) in [5.74, 6) is 5.98. The van der Waals surface area contributed by atoms with Crippen molar-refractivity contribution in [1.29, 1.82) is 0 Å². The van der Waals surface area contributed by atoms with Gasteiger partial charge in [-0.05, 0) is 12.8 Å². The van der Waals surface area contributed by atoms with Gasteiger partial charge in [-0.2, -0.15) is 5.10 Å². The van der Waals surface area contributed by atoms with Crippen molar-refractivity contribution in [3.05, 3.63) is 48.4 Å². The zero-order valence-corrected chi connectivity index (χ0v) is 13.2. The van der Waals surface area contributed by atoms with Crippen LogP contribution in [0.2, 0.25) is 0 Å². The molecule has 2 aromatic heterocycles. The van der Waals surface area contributed by atoms with Crippen LogP contribution in [-0.2, 0) is 0 Å². The van der Waals surface area contributed by atoms with Crippen molar-refractivity contribution in [3.63, 3.8) is 0 Å². The number of nitrogen functional groups attached to an aromatic ring is 1. The standard InChI is InChI=1S/C17H16F2N6/c18-16(19)11-3-1-10(2-4-11)14-8-21-17(24-20)15(23-14)12-7-22-25(9-12)13-5-6-13/h1-4,7-9,13,16H,5-6,20H2,(H,21,24). The first-order valence-corrected chi connectivity index (χ1v) is 7.92. The van der Waals surface area contributed by atoms with Gasteiger partial charge in [-0.1, -0.05) is 24.3 Å². The van der Waals surface area contributed by atoms with E-state index in [1.807, 2.05) is 10.9 Å². The number of hydrogen-bond acceptors (Lipinski definition) is 5. The first-order chi connectivity index (χ1) is 12.2. The SMILES string of the molecule is NNc1ncc(-c2ccc(C(F)F)cc2)nc1-c1cnn(C2CC2)c1. The van der Waals surface area contributed by atoms with Crippen LogP contribution in [-0.4, -0.2) is 19.7 Å². The molecule has 1 saturated carbocycles. The van der Waals surface area contributed by atoms with E-state index in [1.54, 1.807) is 24.5 Å². The quantitative estimate of drug-likeness (QED) is 0.547. The van der Waals surface area contributed by atoms with Crippen molar-refractivity contribution in [1.82, 2.24) is 19.7 Å². The van der Waals surface area contributed by atoms with Crippen molar-refractivity contribution in [2.24, 2.45) is 5.84 Å². The van der Waals surface area contributed by atoms with E-state index < -0.39 is 6.43 Å². The lowest BCUT2D eigenvalue weighted by atomic mass is 10.1. The summed E-state index contributed by atoms with van der Waals surface area (Å²) in [7, 11) is 0. The van der Waals surface area contributed by atoms with Gasteiger partial charge in [0.1, 0.15) is 5.69 Å². The molecule has 3 aromatic rings. The number of nitrogens with one attached hydrogen (secondary N) is 1. The van der Waals surface area contributed by atoms with E-state index in [1.165, 1.54) is 12.1 Å². The van der Waals surface area contributed by atoms with Gasteiger partial charge in [0.05, 0.1) is 24.1 Å². The molecule has 3 N–H and O–H groups in total. The summed E-state index contributed by atoms with van der Waals surface area (Å²) in [6.45, 7) is 0. The maximum absolute atomic E-state index is 12.7. The molecule has 8 heteroatoms. The zero-order valence-electron chi connectivity index (χ0n) is 13.2. The molecule has 2 heterocycles. The van der Waals surface area contributed by atoms with Crippen molar-refractivity contribution in [3.8, 4) is 22.5 Å². The van der Waals surface area contributed by atoms with E-state index >= 15 is 0 Å². The molecular weight excluding hydrogens is 326 g/mol. The summed E-state index contributed by atoms with van der Waals surface area (Å²) in [4.78, 5) is 8.90. The number of hydrazine groups is 1. The van der Waals surface area contributed by atoms with Crippen LogP contribution in [0, 0.1) is 0 Å². The Bertz CT molecular complexity index is 886. The number of nitrogens with zero attached hydrogens (tertiary/aromatic N) is 4. The molecule has 6 nitrogen and oxygen atoms in total. The fraction of sp³-hybridized carbons (Fsp3) is 0.235. The summed E-state index contributed by atoms with van der Waals surface area (Å²) >= 11 is 0. The van der Waals surface area contributed by atoms with E-state index in [4.69, 9.17) is 5.84 Å². The molecule has 128 valence electrons. The number of benzene rings is 1. The fourth-order valence-corrected chi connectivity index (χ4v) is 2.63. The third kappa shape index (κ3) is 3.08. The molecule has 4 rings (SSSR count). The minimum atomic E-state index is -2.49. The van der Waals surface area contributed by atoms with Gasteiger partial charge in [-0.25, -0.2) is 24.6 Å². The Labute approximate surface area is 142 Å². The van der Waals surface area contributed by atoms with Gasteiger partial charge in [0.2, 0.25) is 0 Å². The van der Waals surface area contributed by atoms with Gasteiger partial charge < -0.3 is 5.43 Å². The predicted octanol–water partition coefficient (Wildman–Crippen LogP) is 3.57. The van der Waals surface area contributed by atoms with E-state index in [0.717, 1.165) is 18.4 Å². The smallest absolute Gasteiger partial charge is 0.263 e. The Balaban J connectivity index is 1.71. The Morgan fingerprint density at radius 2 is 1.88 bits per heavy atom. The number of nitrogens with two attached hydrogens (primary N) is 1. The predicted molar refractivity (Wildman–Crippen MR) is 89.7 cm³/mol. The van der Waals surface area contributed by atoms with Gasteiger partial charge in [0.15, 0.2) is 5.82 Å². The number of rotatable bonds is 5.